The summed E-state index contributed by atoms with van der Waals surface area (Å²) in [4.78, 5) is 0. The van der Waals surface area contributed by atoms with Crippen molar-refractivity contribution in [3.8, 4) is 5.75 Å². The standard InChI is InChI=1S/C16H16Cl2N2O/c17-11-3-8-15(18)14(9-11)16(20-19)10-1-4-12(5-2-10)21-13-6-7-13/h1-5,8-9,13,16,20H,6-7,19H2. The Balaban J connectivity index is 1.86. The van der Waals surface area contributed by atoms with E-state index in [0.717, 1.165) is 29.7 Å². The molecule has 0 aliphatic heterocycles. The first-order valence-corrected chi connectivity index (χ1v) is 7.60. The number of nitrogens with one attached hydrogen (secondary N) is 1. The zero-order valence-electron chi connectivity index (χ0n) is 11.4. The van der Waals surface area contributed by atoms with Crippen molar-refractivity contribution in [2.75, 3.05) is 0 Å². The number of hydrazine groups is 1. The van der Waals surface area contributed by atoms with Crippen molar-refractivity contribution < 1.29 is 4.74 Å². The first kappa shape index (κ1) is 14.7. The van der Waals surface area contributed by atoms with Crippen LogP contribution in [0, 0.1) is 0 Å². The van der Waals surface area contributed by atoms with Crippen LogP contribution in [0.2, 0.25) is 10.0 Å². The van der Waals surface area contributed by atoms with Gasteiger partial charge in [-0.1, -0.05) is 35.3 Å². The Morgan fingerprint density at radius 1 is 1.10 bits per heavy atom. The molecule has 0 saturated heterocycles. The van der Waals surface area contributed by atoms with Crippen molar-refractivity contribution >= 4 is 23.2 Å². The second-order valence-corrected chi connectivity index (χ2v) is 6.00. The van der Waals surface area contributed by atoms with E-state index in [0.29, 0.717) is 16.1 Å². The SMILES string of the molecule is NNC(c1ccc(OC2CC2)cc1)c1cc(Cl)ccc1Cl. The number of hydrogen-bond donors (Lipinski definition) is 2. The molecule has 1 aliphatic rings. The van der Waals surface area contributed by atoms with Crippen LogP contribution in [0.3, 0.4) is 0 Å². The number of ether oxygens (including phenoxy) is 1. The second kappa shape index (κ2) is 6.24. The quantitative estimate of drug-likeness (QED) is 0.644. The maximum atomic E-state index is 6.25. The summed E-state index contributed by atoms with van der Waals surface area (Å²) in [6, 6.07) is 13.0. The number of rotatable bonds is 5. The molecule has 3 rings (SSSR count). The van der Waals surface area contributed by atoms with E-state index in [1.54, 1.807) is 12.1 Å². The van der Waals surface area contributed by atoms with Gasteiger partial charge in [0.25, 0.3) is 0 Å². The summed E-state index contributed by atoms with van der Waals surface area (Å²) in [6.07, 6.45) is 2.68. The van der Waals surface area contributed by atoms with Crippen LogP contribution in [0.25, 0.3) is 0 Å². The van der Waals surface area contributed by atoms with Crippen molar-refractivity contribution in [3.63, 3.8) is 0 Å². The predicted octanol–water partition coefficient (Wildman–Crippen LogP) is 4.09. The van der Waals surface area contributed by atoms with Crippen molar-refractivity contribution in [2.45, 2.75) is 25.0 Å². The topological polar surface area (TPSA) is 47.3 Å². The monoisotopic (exact) mass is 322 g/mol. The summed E-state index contributed by atoms with van der Waals surface area (Å²) in [6.45, 7) is 0. The first-order chi connectivity index (χ1) is 10.2. The van der Waals surface area contributed by atoms with E-state index in [2.05, 4.69) is 5.43 Å². The molecule has 1 fully saturated rings. The van der Waals surface area contributed by atoms with Gasteiger partial charge in [-0.15, -0.1) is 0 Å². The fraction of sp³-hybridized carbons (Fsp3) is 0.250. The van der Waals surface area contributed by atoms with E-state index in [1.165, 1.54) is 0 Å². The van der Waals surface area contributed by atoms with Crippen LogP contribution >= 0.6 is 23.2 Å². The molecule has 110 valence electrons. The molecule has 3 N–H and O–H groups in total. The van der Waals surface area contributed by atoms with Crippen LogP contribution in [0.1, 0.15) is 30.0 Å². The summed E-state index contributed by atoms with van der Waals surface area (Å²) >= 11 is 12.3. The van der Waals surface area contributed by atoms with Gasteiger partial charge in [0.05, 0.1) is 12.1 Å². The lowest BCUT2D eigenvalue weighted by Crippen LogP contribution is -2.29. The number of halogens is 2. The zero-order valence-corrected chi connectivity index (χ0v) is 12.9. The minimum Gasteiger partial charge on any atom is -0.490 e. The highest BCUT2D eigenvalue weighted by Crippen LogP contribution is 2.32. The van der Waals surface area contributed by atoms with Crippen molar-refractivity contribution in [2.24, 2.45) is 5.84 Å². The van der Waals surface area contributed by atoms with Gasteiger partial charge in [0.15, 0.2) is 0 Å². The Morgan fingerprint density at radius 3 is 2.43 bits per heavy atom. The van der Waals surface area contributed by atoms with Crippen molar-refractivity contribution in [1.82, 2.24) is 5.43 Å². The van der Waals surface area contributed by atoms with Gasteiger partial charge in [-0.2, -0.15) is 0 Å². The van der Waals surface area contributed by atoms with Crippen molar-refractivity contribution in [1.29, 1.82) is 0 Å². The molecule has 0 radical (unpaired) electrons. The molecule has 1 aliphatic carbocycles. The second-order valence-electron chi connectivity index (χ2n) is 5.15. The van der Waals surface area contributed by atoms with Gasteiger partial charge in [0.1, 0.15) is 5.75 Å². The van der Waals surface area contributed by atoms with E-state index in [-0.39, 0.29) is 6.04 Å². The van der Waals surface area contributed by atoms with Gasteiger partial charge in [-0.3, -0.25) is 5.84 Å². The molecule has 0 amide bonds. The lowest BCUT2D eigenvalue weighted by Gasteiger charge is -2.19. The molecule has 0 spiro atoms. The Labute approximate surface area is 134 Å². The summed E-state index contributed by atoms with van der Waals surface area (Å²) in [5.41, 5.74) is 4.65. The van der Waals surface area contributed by atoms with Gasteiger partial charge < -0.3 is 4.74 Å². The third kappa shape index (κ3) is 3.50. The lowest BCUT2D eigenvalue weighted by molar-refractivity contribution is 0.303. The van der Waals surface area contributed by atoms with E-state index in [4.69, 9.17) is 33.8 Å². The van der Waals surface area contributed by atoms with Gasteiger partial charge in [0.2, 0.25) is 0 Å². The smallest absolute Gasteiger partial charge is 0.119 e. The fourth-order valence-corrected chi connectivity index (χ4v) is 2.63. The third-order valence-corrected chi connectivity index (χ3v) is 4.06. The molecule has 2 aromatic rings. The molecular formula is C16H16Cl2N2O. The summed E-state index contributed by atoms with van der Waals surface area (Å²) in [5, 5.41) is 1.25. The molecule has 0 bridgehead atoms. The Bertz CT molecular complexity index is 627. The molecule has 1 unspecified atom stereocenters. The number of nitrogens with two attached hydrogens (primary N) is 1. The average Bonchev–Trinajstić information content (AvgIpc) is 3.29. The van der Waals surface area contributed by atoms with Gasteiger partial charge in [0, 0.05) is 10.0 Å². The highest BCUT2D eigenvalue weighted by Gasteiger charge is 2.23. The summed E-state index contributed by atoms with van der Waals surface area (Å²) < 4.78 is 5.74. The highest BCUT2D eigenvalue weighted by molar-refractivity contribution is 6.33. The highest BCUT2D eigenvalue weighted by atomic mass is 35.5. The molecule has 0 aromatic heterocycles. The predicted molar refractivity (Wildman–Crippen MR) is 85.7 cm³/mol. The van der Waals surface area contributed by atoms with Crippen LogP contribution in [-0.2, 0) is 0 Å². The Hall–Kier alpha value is -1.26. The summed E-state index contributed by atoms with van der Waals surface area (Å²) in [7, 11) is 0. The van der Waals surface area contributed by atoms with Crippen LogP contribution in [0.15, 0.2) is 42.5 Å². The molecule has 2 aromatic carbocycles. The number of benzene rings is 2. The molecule has 3 nitrogen and oxygen atoms in total. The van der Waals surface area contributed by atoms with Gasteiger partial charge in [-0.25, -0.2) is 5.43 Å². The zero-order chi connectivity index (χ0) is 14.8. The maximum absolute atomic E-state index is 6.25. The fourth-order valence-electron chi connectivity index (χ4n) is 2.22. The minimum absolute atomic E-state index is 0.217. The largest absolute Gasteiger partial charge is 0.490 e. The molecule has 1 saturated carbocycles. The minimum atomic E-state index is -0.217. The van der Waals surface area contributed by atoms with E-state index in [1.807, 2.05) is 30.3 Å². The number of hydrogen-bond acceptors (Lipinski definition) is 3. The molecule has 21 heavy (non-hydrogen) atoms. The normalized spacial score (nSPS) is 15.8. The Kier molecular flexibility index (Phi) is 4.36. The maximum Gasteiger partial charge on any atom is 0.119 e. The van der Waals surface area contributed by atoms with Crippen LogP contribution in [-0.4, -0.2) is 6.10 Å². The summed E-state index contributed by atoms with van der Waals surface area (Å²) in [5.74, 6) is 6.59. The van der Waals surface area contributed by atoms with Crippen LogP contribution in [0.4, 0.5) is 0 Å². The van der Waals surface area contributed by atoms with Gasteiger partial charge >= 0.3 is 0 Å². The molecule has 1 atom stereocenters. The molecule has 5 heteroatoms. The van der Waals surface area contributed by atoms with Gasteiger partial charge in [-0.05, 0) is 54.3 Å². The Morgan fingerprint density at radius 2 is 1.81 bits per heavy atom. The van der Waals surface area contributed by atoms with E-state index in [9.17, 15) is 0 Å². The van der Waals surface area contributed by atoms with Crippen LogP contribution in [0.5, 0.6) is 5.75 Å². The van der Waals surface area contributed by atoms with Crippen LogP contribution < -0.4 is 16.0 Å². The lowest BCUT2D eigenvalue weighted by atomic mass is 9.99. The molecule has 0 heterocycles. The average molecular weight is 323 g/mol. The van der Waals surface area contributed by atoms with Crippen molar-refractivity contribution in [3.05, 3.63) is 63.6 Å². The third-order valence-electron chi connectivity index (χ3n) is 3.48. The van der Waals surface area contributed by atoms with E-state index < -0.39 is 0 Å². The van der Waals surface area contributed by atoms with E-state index >= 15 is 0 Å². The first-order valence-electron chi connectivity index (χ1n) is 6.85. The molecular weight excluding hydrogens is 307 g/mol.